The zero-order valence-electron chi connectivity index (χ0n) is 14.6. The number of piperidine rings is 1. The Bertz CT molecular complexity index is 325. The van der Waals surface area contributed by atoms with Crippen molar-refractivity contribution in [2.45, 2.75) is 65.8 Å². The Labute approximate surface area is 130 Å². The number of likely N-dealkylation sites (tertiary alicyclic amines) is 1. The quantitative estimate of drug-likeness (QED) is 0.700. The molecule has 4 heteroatoms. The van der Waals surface area contributed by atoms with Crippen molar-refractivity contribution in [2.24, 2.45) is 5.41 Å². The smallest absolute Gasteiger partial charge is 0.327 e. The third kappa shape index (κ3) is 5.26. The van der Waals surface area contributed by atoms with Crippen LogP contribution in [0.2, 0.25) is 0 Å². The summed E-state index contributed by atoms with van der Waals surface area (Å²) in [4.78, 5) is 14.7. The summed E-state index contributed by atoms with van der Waals surface area (Å²) in [6.07, 6.45) is 4.69. The summed E-state index contributed by atoms with van der Waals surface area (Å²) in [6.45, 7) is 14.8. The molecule has 1 rings (SSSR count). The highest BCUT2D eigenvalue weighted by Gasteiger charge is 2.38. The molecule has 0 aromatic carbocycles. The predicted octanol–water partition coefficient (Wildman–Crippen LogP) is 2.82. The molecule has 0 radical (unpaired) electrons. The van der Waals surface area contributed by atoms with Gasteiger partial charge in [0, 0.05) is 6.54 Å². The van der Waals surface area contributed by atoms with E-state index in [0.717, 1.165) is 32.6 Å². The van der Waals surface area contributed by atoms with Crippen LogP contribution < -0.4 is 5.32 Å². The molecule has 0 saturated carbocycles. The highest BCUT2D eigenvalue weighted by atomic mass is 16.5. The van der Waals surface area contributed by atoms with Crippen molar-refractivity contribution < 1.29 is 9.53 Å². The first-order valence-electron chi connectivity index (χ1n) is 8.53. The molecule has 1 aliphatic heterocycles. The van der Waals surface area contributed by atoms with E-state index in [2.05, 4.69) is 31.0 Å². The van der Waals surface area contributed by atoms with Crippen molar-refractivity contribution in [1.82, 2.24) is 10.2 Å². The van der Waals surface area contributed by atoms with Crippen LogP contribution in [-0.4, -0.2) is 49.2 Å². The lowest BCUT2D eigenvalue weighted by atomic mass is 9.78. The number of nitrogens with zero attached hydrogens (tertiary/aromatic N) is 1. The molecular weight excluding hydrogens is 264 g/mol. The van der Waals surface area contributed by atoms with Crippen molar-refractivity contribution in [1.29, 1.82) is 0 Å². The fourth-order valence-electron chi connectivity index (χ4n) is 2.94. The van der Waals surface area contributed by atoms with Crippen LogP contribution in [0.25, 0.3) is 0 Å². The second-order valence-electron chi connectivity index (χ2n) is 6.92. The van der Waals surface area contributed by atoms with Gasteiger partial charge in [0.25, 0.3) is 0 Å². The maximum Gasteiger partial charge on any atom is 0.327 e. The highest BCUT2D eigenvalue weighted by Crippen LogP contribution is 2.34. The molecule has 1 saturated heterocycles. The lowest BCUT2D eigenvalue weighted by molar-refractivity contribution is -0.151. The minimum absolute atomic E-state index is 0.123. The Balaban J connectivity index is 2.63. The molecule has 0 amide bonds. The second-order valence-corrected chi connectivity index (χ2v) is 6.92. The molecule has 1 fully saturated rings. The van der Waals surface area contributed by atoms with Gasteiger partial charge in [-0.25, -0.2) is 0 Å². The number of esters is 1. The van der Waals surface area contributed by atoms with Gasteiger partial charge in [-0.15, -0.1) is 0 Å². The highest BCUT2D eigenvalue weighted by molar-refractivity contribution is 5.80. The molecule has 0 aromatic rings. The van der Waals surface area contributed by atoms with Gasteiger partial charge in [0.15, 0.2) is 0 Å². The van der Waals surface area contributed by atoms with Gasteiger partial charge in [-0.2, -0.15) is 0 Å². The van der Waals surface area contributed by atoms with Crippen LogP contribution in [0.1, 0.15) is 60.3 Å². The van der Waals surface area contributed by atoms with E-state index in [1.807, 2.05) is 13.8 Å². The average molecular weight is 298 g/mol. The number of nitrogens with one attached hydrogen (secondary N) is 1. The Morgan fingerprint density at radius 3 is 2.38 bits per heavy atom. The fraction of sp³-hybridized carbons (Fsp3) is 0.941. The molecule has 4 nitrogen and oxygen atoms in total. The SMILES string of the molecule is CCCNC(C)(CN1CCC(C)(CC)CC1)C(=O)OCC. The van der Waals surface area contributed by atoms with Gasteiger partial charge >= 0.3 is 5.97 Å². The maximum absolute atomic E-state index is 12.3. The summed E-state index contributed by atoms with van der Waals surface area (Å²) in [5.74, 6) is -0.123. The molecule has 0 bridgehead atoms. The van der Waals surface area contributed by atoms with Crippen LogP contribution in [0.5, 0.6) is 0 Å². The topological polar surface area (TPSA) is 41.6 Å². The second kappa shape index (κ2) is 8.14. The molecule has 124 valence electrons. The Morgan fingerprint density at radius 1 is 1.29 bits per heavy atom. The van der Waals surface area contributed by atoms with Gasteiger partial charge in [-0.1, -0.05) is 27.2 Å². The standard InChI is InChI=1S/C17H34N2O2/c1-6-11-18-17(5,15(20)21-8-3)14-19-12-9-16(4,7-2)10-13-19/h18H,6-14H2,1-5H3. The van der Waals surface area contributed by atoms with Gasteiger partial charge in [-0.3, -0.25) is 4.79 Å². The van der Waals surface area contributed by atoms with Gasteiger partial charge in [-0.05, 0) is 58.2 Å². The largest absolute Gasteiger partial charge is 0.465 e. The van der Waals surface area contributed by atoms with E-state index in [0.29, 0.717) is 12.0 Å². The number of hydrogen-bond donors (Lipinski definition) is 1. The first kappa shape index (κ1) is 18.4. The van der Waals surface area contributed by atoms with E-state index in [1.165, 1.54) is 19.3 Å². The molecule has 0 aromatic heterocycles. The Hall–Kier alpha value is -0.610. The van der Waals surface area contributed by atoms with Gasteiger partial charge in [0.05, 0.1) is 6.61 Å². The minimum Gasteiger partial charge on any atom is -0.465 e. The summed E-state index contributed by atoms with van der Waals surface area (Å²) in [5.41, 5.74) is -0.111. The van der Waals surface area contributed by atoms with E-state index < -0.39 is 5.54 Å². The summed E-state index contributed by atoms with van der Waals surface area (Å²) in [5, 5.41) is 3.40. The molecule has 1 heterocycles. The Morgan fingerprint density at radius 2 is 1.90 bits per heavy atom. The molecule has 1 N–H and O–H groups in total. The summed E-state index contributed by atoms with van der Waals surface area (Å²) < 4.78 is 5.28. The molecular formula is C17H34N2O2. The van der Waals surface area contributed by atoms with E-state index in [4.69, 9.17) is 4.74 Å². The first-order chi connectivity index (χ1) is 9.89. The normalized spacial score (nSPS) is 21.8. The molecule has 1 atom stereocenters. The number of rotatable bonds is 8. The summed E-state index contributed by atoms with van der Waals surface area (Å²) >= 11 is 0. The van der Waals surface area contributed by atoms with E-state index in [1.54, 1.807) is 0 Å². The zero-order valence-corrected chi connectivity index (χ0v) is 14.6. The van der Waals surface area contributed by atoms with Crippen LogP contribution in [0.3, 0.4) is 0 Å². The number of ether oxygens (including phenoxy) is 1. The number of hydrogen-bond acceptors (Lipinski definition) is 4. The van der Waals surface area contributed by atoms with Crippen LogP contribution in [0.15, 0.2) is 0 Å². The van der Waals surface area contributed by atoms with Crippen LogP contribution in [0, 0.1) is 5.41 Å². The number of carbonyl (C=O) groups is 1. The fourth-order valence-corrected chi connectivity index (χ4v) is 2.94. The number of carbonyl (C=O) groups excluding carboxylic acids is 1. The van der Waals surface area contributed by atoms with Gasteiger partial charge in [0.1, 0.15) is 5.54 Å². The Kier molecular flexibility index (Phi) is 7.14. The maximum atomic E-state index is 12.3. The lowest BCUT2D eigenvalue weighted by Gasteiger charge is -2.42. The summed E-state index contributed by atoms with van der Waals surface area (Å²) in [6, 6.07) is 0. The van der Waals surface area contributed by atoms with Crippen LogP contribution in [0.4, 0.5) is 0 Å². The third-order valence-corrected chi connectivity index (χ3v) is 4.95. The van der Waals surface area contributed by atoms with E-state index in [-0.39, 0.29) is 5.97 Å². The molecule has 21 heavy (non-hydrogen) atoms. The summed E-state index contributed by atoms with van der Waals surface area (Å²) in [7, 11) is 0. The van der Waals surface area contributed by atoms with Gasteiger partial charge in [0.2, 0.25) is 0 Å². The minimum atomic E-state index is -0.591. The zero-order chi connectivity index (χ0) is 15.9. The van der Waals surface area contributed by atoms with Crippen molar-refractivity contribution in [3.05, 3.63) is 0 Å². The average Bonchev–Trinajstić information content (AvgIpc) is 2.48. The predicted molar refractivity (Wildman–Crippen MR) is 87.4 cm³/mol. The van der Waals surface area contributed by atoms with Crippen LogP contribution in [-0.2, 0) is 9.53 Å². The molecule has 0 aliphatic carbocycles. The monoisotopic (exact) mass is 298 g/mol. The van der Waals surface area contributed by atoms with E-state index in [9.17, 15) is 4.79 Å². The lowest BCUT2D eigenvalue weighted by Crippen LogP contribution is -2.59. The molecule has 1 aliphatic rings. The van der Waals surface area contributed by atoms with E-state index >= 15 is 0 Å². The molecule has 1 unspecified atom stereocenters. The van der Waals surface area contributed by atoms with Crippen molar-refractivity contribution in [3.63, 3.8) is 0 Å². The van der Waals surface area contributed by atoms with Crippen molar-refractivity contribution in [2.75, 3.05) is 32.8 Å². The van der Waals surface area contributed by atoms with Crippen molar-refractivity contribution in [3.8, 4) is 0 Å². The first-order valence-corrected chi connectivity index (χ1v) is 8.53. The molecule has 0 spiro atoms. The van der Waals surface area contributed by atoms with Crippen molar-refractivity contribution >= 4 is 5.97 Å². The third-order valence-electron chi connectivity index (χ3n) is 4.95. The van der Waals surface area contributed by atoms with Crippen LogP contribution >= 0.6 is 0 Å². The van der Waals surface area contributed by atoms with Gasteiger partial charge < -0.3 is 15.0 Å².